The van der Waals surface area contributed by atoms with E-state index in [1.54, 1.807) is 7.11 Å². The number of benzene rings is 2. The van der Waals surface area contributed by atoms with Crippen molar-refractivity contribution in [3.63, 3.8) is 0 Å². The first-order valence-electron chi connectivity index (χ1n) is 10.9. The average Bonchev–Trinajstić information content (AvgIpc) is 3.20. The molecule has 0 aliphatic rings. The fraction of sp³-hybridized carbons (Fsp3) is 0.375. The molecule has 1 amide bonds. The Morgan fingerprint density at radius 2 is 1.88 bits per heavy atom. The molecular weight excluding hydrogens is 422 g/mol. The quantitative estimate of drug-likeness (QED) is 0.426. The van der Waals surface area contributed by atoms with Gasteiger partial charge in [0.25, 0.3) is 0 Å². The molecule has 0 aliphatic carbocycles. The second kappa shape index (κ2) is 11.6. The molecule has 0 unspecified atom stereocenters. The SMILES string of the molecule is CCN(CC)Cc1cccc(CNC(=O)CCn2c(-c3ccc(OC)cc3)n[nH]c2=S)c1. The van der Waals surface area contributed by atoms with Gasteiger partial charge in [-0.05, 0) is 60.7 Å². The molecule has 32 heavy (non-hydrogen) atoms. The van der Waals surface area contributed by atoms with Crippen LogP contribution >= 0.6 is 12.2 Å². The number of nitrogens with one attached hydrogen (secondary N) is 2. The van der Waals surface area contributed by atoms with Gasteiger partial charge in [-0.25, -0.2) is 0 Å². The normalized spacial score (nSPS) is 11.0. The molecule has 0 radical (unpaired) electrons. The van der Waals surface area contributed by atoms with Gasteiger partial charge in [0.1, 0.15) is 5.75 Å². The molecule has 3 aromatic rings. The maximum atomic E-state index is 12.5. The summed E-state index contributed by atoms with van der Waals surface area (Å²) in [5.74, 6) is 1.45. The number of hydrogen-bond acceptors (Lipinski definition) is 5. The highest BCUT2D eigenvalue weighted by molar-refractivity contribution is 7.71. The molecule has 1 heterocycles. The fourth-order valence-electron chi connectivity index (χ4n) is 3.53. The summed E-state index contributed by atoms with van der Waals surface area (Å²) in [5.41, 5.74) is 3.26. The molecule has 0 fully saturated rings. The number of nitrogens with zero attached hydrogens (tertiary/aromatic N) is 3. The van der Waals surface area contributed by atoms with Gasteiger partial charge in [0.05, 0.1) is 7.11 Å². The molecule has 8 heteroatoms. The number of H-pyrrole nitrogens is 1. The van der Waals surface area contributed by atoms with Crippen molar-refractivity contribution in [2.24, 2.45) is 0 Å². The molecule has 0 saturated carbocycles. The Hall–Kier alpha value is -2.97. The van der Waals surface area contributed by atoms with Crippen LogP contribution in [0.5, 0.6) is 5.75 Å². The standard InChI is InChI=1S/C24H31N5O2S/c1-4-28(5-2)17-19-8-6-7-18(15-19)16-25-22(30)13-14-29-23(26-27-24(29)32)20-9-11-21(31-3)12-10-20/h6-12,15H,4-5,13-14,16-17H2,1-3H3,(H,25,30)(H,27,32). The molecule has 7 nitrogen and oxygen atoms in total. The minimum Gasteiger partial charge on any atom is -0.497 e. The van der Waals surface area contributed by atoms with E-state index in [9.17, 15) is 4.79 Å². The number of aromatic nitrogens is 3. The minimum atomic E-state index is -0.0251. The molecule has 0 spiro atoms. The second-order valence-corrected chi connectivity index (χ2v) is 7.93. The average molecular weight is 454 g/mol. The van der Waals surface area contributed by atoms with E-state index in [-0.39, 0.29) is 5.91 Å². The van der Waals surface area contributed by atoms with Crippen molar-refractivity contribution >= 4 is 18.1 Å². The van der Waals surface area contributed by atoms with Crippen LogP contribution in [0.1, 0.15) is 31.4 Å². The lowest BCUT2D eigenvalue weighted by atomic mass is 10.1. The van der Waals surface area contributed by atoms with E-state index in [1.165, 1.54) is 5.56 Å². The molecule has 3 rings (SSSR count). The van der Waals surface area contributed by atoms with E-state index in [0.717, 1.165) is 36.5 Å². The number of amides is 1. The number of carbonyl (C=O) groups is 1. The highest BCUT2D eigenvalue weighted by Gasteiger charge is 2.11. The molecule has 1 aromatic heterocycles. The molecular formula is C24H31N5O2S. The topological polar surface area (TPSA) is 75.2 Å². The zero-order valence-corrected chi connectivity index (χ0v) is 19.7. The summed E-state index contributed by atoms with van der Waals surface area (Å²) >= 11 is 5.37. The molecule has 0 saturated heterocycles. The Kier molecular flexibility index (Phi) is 8.58. The van der Waals surface area contributed by atoms with Gasteiger partial charge < -0.3 is 10.1 Å². The highest BCUT2D eigenvalue weighted by atomic mass is 32.1. The third kappa shape index (κ3) is 6.27. The van der Waals surface area contributed by atoms with E-state index in [4.69, 9.17) is 17.0 Å². The van der Waals surface area contributed by atoms with E-state index in [1.807, 2.05) is 41.0 Å². The van der Waals surface area contributed by atoms with Crippen molar-refractivity contribution in [3.05, 3.63) is 64.4 Å². The Balaban J connectivity index is 1.57. The van der Waals surface area contributed by atoms with Crippen LogP contribution in [-0.4, -0.2) is 45.8 Å². The molecule has 0 atom stereocenters. The largest absolute Gasteiger partial charge is 0.497 e. The summed E-state index contributed by atoms with van der Waals surface area (Å²) in [6.45, 7) is 8.25. The number of aromatic amines is 1. The van der Waals surface area contributed by atoms with Gasteiger partial charge in [0.15, 0.2) is 10.6 Å². The Bertz CT molecular complexity index is 1070. The summed E-state index contributed by atoms with van der Waals surface area (Å²) in [5, 5.41) is 10.2. The third-order valence-electron chi connectivity index (χ3n) is 5.45. The van der Waals surface area contributed by atoms with Gasteiger partial charge >= 0.3 is 0 Å². The Morgan fingerprint density at radius 1 is 1.16 bits per heavy atom. The van der Waals surface area contributed by atoms with Crippen molar-refractivity contribution in [2.75, 3.05) is 20.2 Å². The van der Waals surface area contributed by atoms with Gasteiger partial charge in [-0.15, -0.1) is 0 Å². The lowest BCUT2D eigenvalue weighted by Gasteiger charge is -2.18. The van der Waals surface area contributed by atoms with Gasteiger partial charge in [-0.3, -0.25) is 19.4 Å². The summed E-state index contributed by atoms with van der Waals surface area (Å²) in [4.78, 5) is 14.9. The van der Waals surface area contributed by atoms with Crippen LogP contribution in [0, 0.1) is 4.77 Å². The van der Waals surface area contributed by atoms with Gasteiger partial charge in [0, 0.05) is 31.6 Å². The van der Waals surface area contributed by atoms with Gasteiger partial charge in [-0.1, -0.05) is 38.1 Å². The zero-order chi connectivity index (χ0) is 22.9. The number of carbonyl (C=O) groups excluding carboxylic acids is 1. The minimum absolute atomic E-state index is 0.0251. The predicted octanol–water partition coefficient (Wildman–Crippen LogP) is 4.16. The number of rotatable bonds is 11. The summed E-state index contributed by atoms with van der Waals surface area (Å²) < 4.78 is 7.55. The first-order chi connectivity index (χ1) is 15.5. The smallest absolute Gasteiger partial charge is 0.222 e. The lowest BCUT2D eigenvalue weighted by molar-refractivity contribution is -0.121. The maximum absolute atomic E-state index is 12.5. The molecule has 2 aromatic carbocycles. The van der Waals surface area contributed by atoms with Crippen molar-refractivity contribution in [2.45, 2.75) is 39.9 Å². The predicted molar refractivity (Wildman–Crippen MR) is 129 cm³/mol. The van der Waals surface area contributed by atoms with E-state index < -0.39 is 0 Å². The molecule has 0 aliphatic heterocycles. The van der Waals surface area contributed by atoms with Gasteiger partial charge in [-0.2, -0.15) is 5.10 Å². The van der Waals surface area contributed by atoms with E-state index in [2.05, 4.69) is 46.4 Å². The molecule has 170 valence electrons. The van der Waals surface area contributed by atoms with Crippen LogP contribution in [0.2, 0.25) is 0 Å². The summed E-state index contributed by atoms with van der Waals surface area (Å²) in [7, 11) is 1.63. The summed E-state index contributed by atoms with van der Waals surface area (Å²) in [6, 6.07) is 16.0. The van der Waals surface area contributed by atoms with Crippen molar-refractivity contribution in [3.8, 4) is 17.1 Å². The van der Waals surface area contributed by atoms with Crippen molar-refractivity contribution in [1.29, 1.82) is 0 Å². The number of methoxy groups -OCH3 is 1. The monoisotopic (exact) mass is 453 g/mol. The third-order valence-corrected chi connectivity index (χ3v) is 5.76. The number of hydrogen-bond donors (Lipinski definition) is 2. The van der Waals surface area contributed by atoms with Crippen LogP contribution in [-0.2, 0) is 24.4 Å². The molecule has 2 N–H and O–H groups in total. The Labute approximate surface area is 194 Å². The number of ether oxygens (including phenoxy) is 1. The van der Waals surface area contributed by atoms with Crippen LogP contribution < -0.4 is 10.1 Å². The van der Waals surface area contributed by atoms with Crippen LogP contribution in [0.15, 0.2) is 48.5 Å². The first kappa shape index (κ1) is 23.7. The van der Waals surface area contributed by atoms with Crippen molar-refractivity contribution < 1.29 is 9.53 Å². The van der Waals surface area contributed by atoms with Crippen LogP contribution in [0.3, 0.4) is 0 Å². The van der Waals surface area contributed by atoms with Crippen LogP contribution in [0.4, 0.5) is 0 Å². The second-order valence-electron chi connectivity index (χ2n) is 7.54. The van der Waals surface area contributed by atoms with E-state index >= 15 is 0 Å². The molecule has 0 bridgehead atoms. The maximum Gasteiger partial charge on any atom is 0.222 e. The van der Waals surface area contributed by atoms with Gasteiger partial charge in [0.2, 0.25) is 5.91 Å². The van der Waals surface area contributed by atoms with E-state index in [0.29, 0.717) is 30.1 Å². The highest BCUT2D eigenvalue weighted by Crippen LogP contribution is 2.21. The Morgan fingerprint density at radius 3 is 2.56 bits per heavy atom. The lowest BCUT2D eigenvalue weighted by Crippen LogP contribution is -2.24. The van der Waals surface area contributed by atoms with Crippen LogP contribution in [0.25, 0.3) is 11.4 Å². The first-order valence-corrected chi connectivity index (χ1v) is 11.3. The fourth-order valence-corrected chi connectivity index (χ4v) is 3.75. The summed E-state index contributed by atoms with van der Waals surface area (Å²) in [6.07, 6.45) is 0.316. The van der Waals surface area contributed by atoms with Crippen molar-refractivity contribution in [1.82, 2.24) is 25.0 Å². The zero-order valence-electron chi connectivity index (χ0n) is 18.9.